The van der Waals surface area contributed by atoms with Gasteiger partial charge in [-0.05, 0) is 32.9 Å². The second kappa shape index (κ2) is 5.22. The van der Waals surface area contributed by atoms with Crippen LogP contribution in [0.25, 0.3) is 5.65 Å². The third-order valence-electron chi connectivity index (χ3n) is 3.06. The van der Waals surface area contributed by atoms with E-state index in [-0.39, 0.29) is 5.56 Å². The predicted molar refractivity (Wildman–Crippen MR) is 71.2 cm³/mol. The molecule has 5 heteroatoms. The summed E-state index contributed by atoms with van der Waals surface area (Å²) < 4.78 is 6.45. The molecule has 0 N–H and O–H groups in total. The fraction of sp³-hybridized carbons (Fsp3) is 0.357. The van der Waals surface area contributed by atoms with Gasteiger partial charge in [0.1, 0.15) is 5.65 Å². The number of aromatic nitrogens is 2. The summed E-state index contributed by atoms with van der Waals surface area (Å²) in [4.78, 5) is 28.4. The van der Waals surface area contributed by atoms with Gasteiger partial charge in [0, 0.05) is 11.9 Å². The first kappa shape index (κ1) is 13.3. The minimum atomic E-state index is -0.614. The van der Waals surface area contributed by atoms with Crippen molar-refractivity contribution in [2.45, 2.75) is 26.7 Å². The molecule has 2 aromatic rings. The normalized spacial score (nSPS) is 12.4. The van der Waals surface area contributed by atoms with E-state index >= 15 is 0 Å². The number of carbonyl (C=O) groups is 1. The molecular weight excluding hydrogens is 244 g/mol. The number of nitrogens with zero attached hydrogens (tertiary/aromatic N) is 2. The summed E-state index contributed by atoms with van der Waals surface area (Å²) >= 11 is 0. The molecule has 0 amide bonds. The van der Waals surface area contributed by atoms with Crippen molar-refractivity contribution in [3.8, 4) is 0 Å². The number of esters is 1. The van der Waals surface area contributed by atoms with E-state index < -0.39 is 11.9 Å². The lowest BCUT2D eigenvalue weighted by Crippen LogP contribution is -2.26. The molecular formula is C14H16N2O3. The molecule has 0 radical (unpaired) electrons. The molecule has 2 heterocycles. The van der Waals surface area contributed by atoms with Gasteiger partial charge in [0.25, 0.3) is 5.56 Å². The Morgan fingerprint density at radius 1 is 1.47 bits per heavy atom. The highest BCUT2D eigenvalue weighted by molar-refractivity contribution is 5.77. The molecule has 1 unspecified atom stereocenters. The lowest BCUT2D eigenvalue weighted by Gasteiger charge is -2.11. The molecule has 0 aromatic carbocycles. The van der Waals surface area contributed by atoms with Crippen molar-refractivity contribution in [1.82, 2.24) is 9.38 Å². The monoisotopic (exact) mass is 260 g/mol. The zero-order valence-electron chi connectivity index (χ0n) is 11.2. The summed E-state index contributed by atoms with van der Waals surface area (Å²) in [6.45, 7) is 5.51. The minimum Gasteiger partial charge on any atom is -0.466 e. The van der Waals surface area contributed by atoms with Crippen molar-refractivity contribution in [2.75, 3.05) is 6.61 Å². The maximum absolute atomic E-state index is 12.4. The summed E-state index contributed by atoms with van der Waals surface area (Å²) in [5.74, 6) is -1.02. The molecule has 0 fully saturated rings. The molecule has 0 bridgehead atoms. The van der Waals surface area contributed by atoms with E-state index in [1.54, 1.807) is 19.9 Å². The van der Waals surface area contributed by atoms with Crippen LogP contribution in [0.1, 0.15) is 31.0 Å². The third kappa shape index (κ3) is 2.36. The molecule has 5 nitrogen and oxygen atoms in total. The van der Waals surface area contributed by atoms with Gasteiger partial charge in [0.15, 0.2) is 0 Å². The lowest BCUT2D eigenvalue weighted by atomic mass is 10.0. The summed E-state index contributed by atoms with van der Waals surface area (Å²) in [5, 5.41) is 0. The van der Waals surface area contributed by atoms with Crippen LogP contribution in [0.5, 0.6) is 0 Å². The number of rotatable bonds is 3. The number of fused-ring (bicyclic) bond motifs is 1. The van der Waals surface area contributed by atoms with Crippen LogP contribution in [0, 0.1) is 6.92 Å². The molecule has 0 saturated heterocycles. The Kier molecular flexibility index (Phi) is 3.64. The lowest BCUT2D eigenvalue weighted by molar-refractivity contribution is -0.144. The van der Waals surface area contributed by atoms with Gasteiger partial charge in [0.05, 0.1) is 18.1 Å². The number of hydrogen-bond acceptors (Lipinski definition) is 4. The maximum Gasteiger partial charge on any atom is 0.313 e. The van der Waals surface area contributed by atoms with Crippen LogP contribution < -0.4 is 5.56 Å². The quantitative estimate of drug-likeness (QED) is 0.788. The highest BCUT2D eigenvalue weighted by Gasteiger charge is 2.21. The van der Waals surface area contributed by atoms with Gasteiger partial charge in [-0.3, -0.25) is 14.0 Å². The van der Waals surface area contributed by atoms with Crippen LogP contribution in [-0.4, -0.2) is 22.0 Å². The first-order valence-corrected chi connectivity index (χ1v) is 6.20. The molecule has 0 aliphatic rings. The van der Waals surface area contributed by atoms with Crippen LogP contribution >= 0.6 is 0 Å². The smallest absolute Gasteiger partial charge is 0.313 e. The van der Waals surface area contributed by atoms with Crippen LogP contribution in [0.15, 0.2) is 29.2 Å². The van der Waals surface area contributed by atoms with Crippen molar-refractivity contribution >= 4 is 11.6 Å². The minimum absolute atomic E-state index is 0.219. The van der Waals surface area contributed by atoms with Gasteiger partial charge < -0.3 is 4.74 Å². The SMILES string of the molecule is CCOC(=O)C(C)c1cnc2cccc(C)n2c1=O. The molecule has 0 spiro atoms. The first-order chi connectivity index (χ1) is 9.06. The van der Waals surface area contributed by atoms with E-state index in [4.69, 9.17) is 4.74 Å². The van der Waals surface area contributed by atoms with Crippen LogP contribution in [0.3, 0.4) is 0 Å². The Hall–Kier alpha value is -2.17. The zero-order valence-corrected chi connectivity index (χ0v) is 11.2. The van der Waals surface area contributed by atoms with E-state index in [0.29, 0.717) is 17.8 Å². The Labute approximate surface area is 110 Å². The van der Waals surface area contributed by atoms with E-state index in [1.807, 2.05) is 19.1 Å². The van der Waals surface area contributed by atoms with E-state index in [2.05, 4.69) is 4.98 Å². The van der Waals surface area contributed by atoms with Crippen molar-refractivity contribution in [3.63, 3.8) is 0 Å². The molecule has 19 heavy (non-hydrogen) atoms. The van der Waals surface area contributed by atoms with Crippen molar-refractivity contribution in [1.29, 1.82) is 0 Å². The summed E-state index contributed by atoms with van der Waals surface area (Å²) in [6, 6.07) is 5.42. The van der Waals surface area contributed by atoms with Gasteiger partial charge >= 0.3 is 5.97 Å². The summed E-state index contributed by atoms with van der Waals surface area (Å²) in [5.41, 5.74) is 1.49. The Balaban J connectivity index is 2.57. The topological polar surface area (TPSA) is 60.7 Å². The van der Waals surface area contributed by atoms with Crippen molar-refractivity contribution in [3.05, 3.63) is 46.0 Å². The maximum atomic E-state index is 12.4. The second-order valence-electron chi connectivity index (χ2n) is 4.35. The molecule has 0 aliphatic heterocycles. The van der Waals surface area contributed by atoms with Crippen LogP contribution in [0.2, 0.25) is 0 Å². The van der Waals surface area contributed by atoms with Crippen LogP contribution in [-0.2, 0) is 9.53 Å². The summed E-state index contributed by atoms with van der Waals surface area (Å²) in [6.07, 6.45) is 1.46. The molecule has 0 saturated carbocycles. The van der Waals surface area contributed by atoms with Crippen molar-refractivity contribution < 1.29 is 9.53 Å². The van der Waals surface area contributed by atoms with Gasteiger partial charge in [-0.1, -0.05) is 6.07 Å². The predicted octanol–water partition coefficient (Wildman–Crippen LogP) is 1.67. The summed E-state index contributed by atoms with van der Waals surface area (Å²) in [7, 11) is 0. The van der Waals surface area contributed by atoms with Gasteiger partial charge in [0.2, 0.25) is 0 Å². The average molecular weight is 260 g/mol. The van der Waals surface area contributed by atoms with E-state index in [9.17, 15) is 9.59 Å². The Bertz CT molecular complexity index is 676. The fourth-order valence-corrected chi connectivity index (χ4v) is 1.98. The number of carbonyl (C=O) groups excluding carboxylic acids is 1. The number of aryl methyl sites for hydroxylation is 1. The van der Waals surface area contributed by atoms with E-state index in [1.165, 1.54) is 10.6 Å². The van der Waals surface area contributed by atoms with Gasteiger partial charge in [-0.2, -0.15) is 0 Å². The Morgan fingerprint density at radius 2 is 2.21 bits per heavy atom. The molecule has 100 valence electrons. The van der Waals surface area contributed by atoms with Gasteiger partial charge in [-0.25, -0.2) is 4.98 Å². The standard InChI is InChI=1S/C14H16N2O3/c1-4-19-14(18)10(3)11-8-15-12-7-5-6-9(2)16(12)13(11)17/h5-8,10H,4H2,1-3H3. The first-order valence-electron chi connectivity index (χ1n) is 6.20. The number of ether oxygens (including phenoxy) is 1. The third-order valence-corrected chi connectivity index (χ3v) is 3.06. The Morgan fingerprint density at radius 3 is 2.89 bits per heavy atom. The van der Waals surface area contributed by atoms with Crippen LogP contribution in [0.4, 0.5) is 0 Å². The number of hydrogen-bond donors (Lipinski definition) is 0. The largest absolute Gasteiger partial charge is 0.466 e. The van der Waals surface area contributed by atoms with Gasteiger partial charge in [-0.15, -0.1) is 0 Å². The van der Waals surface area contributed by atoms with Crippen molar-refractivity contribution in [2.24, 2.45) is 0 Å². The number of pyridine rings is 1. The average Bonchev–Trinajstić information content (AvgIpc) is 2.38. The molecule has 2 rings (SSSR count). The fourth-order valence-electron chi connectivity index (χ4n) is 1.98. The molecule has 1 atom stereocenters. The zero-order chi connectivity index (χ0) is 14.0. The highest BCUT2D eigenvalue weighted by atomic mass is 16.5. The molecule has 2 aromatic heterocycles. The van der Waals surface area contributed by atoms with E-state index in [0.717, 1.165) is 5.69 Å². The second-order valence-corrected chi connectivity index (χ2v) is 4.35. The molecule has 0 aliphatic carbocycles. The highest BCUT2D eigenvalue weighted by Crippen LogP contribution is 2.13.